The van der Waals surface area contributed by atoms with Crippen molar-refractivity contribution < 1.29 is 46.8 Å². The Morgan fingerprint density at radius 3 is 1.33 bits per heavy atom. The van der Waals surface area contributed by atoms with Gasteiger partial charge in [0.1, 0.15) is 0 Å². The average Bonchev–Trinajstić information content (AvgIpc) is 3.36. The molecule has 0 aliphatic heterocycles. The minimum atomic E-state index is -4.51. The second kappa shape index (κ2) is 9.52. The van der Waals surface area contributed by atoms with E-state index in [9.17, 15) is 26.3 Å². The van der Waals surface area contributed by atoms with Crippen LogP contribution < -0.4 is 0 Å². The molecule has 36 heavy (non-hydrogen) atoms. The summed E-state index contributed by atoms with van der Waals surface area (Å²) in [6.07, 6.45) is -3.84. The Morgan fingerprint density at radius 2 is 1.03 bits per heavy atom. The van der Waals surface area contributed by atoms with Gasteiger partial charge in [-0.25, -0.2) is 0 Å². The van der Waals surface area contributed by atoms with Crippen molar-refractivity contribution >= 4 is 0 Å². The maximum absolute atomic E-state index is 13.2. The van der Waals surface area contributed by atoms with Gasteiger partial charge in [-0.2, -0.15) is 26.3 Å². The van der Waals surface area contributed by atoms with Crippen molar-refractivity contribution in [2.75, 3.05) is 0 Å². The van der Waals surface area contributed by atoms with E-state index < -0.39 is 28.9 Å². The van der Waals surface area contributed by atoms with Gasteiger partial charge < -0.3 is 9.13 Å². The topological polar surface area (TPSA) is 35.6 Å². The van der Waals surface area contributed by atoms with E-state index in [0.29, 0.717) is 11.4 Å². The minimum Gasteiger partial charge on any atom is -0.432 e. The summed E-state index contributed by atoms with van der Waals surface area (Å²) >= 11 is 0. The molecule has 0 unspecified atom stereocenters. The van der Waals surface area contributed by atoms with Crippen molar-refractivity contribution in [3.8, 4) is 11.6 Å². The normalized spacial score (nSPS) is 12.5. The van der Waals surface area contributed by atoms with Gasteiger partial charge in [0.05, 0.1) is 11.6 Å². The number of nitrogens with zero attached hydrogens (tertiary/aromatic N) is 4. The van der Waals surface area contributed by atoms with Gasteiger partial charge in [-0.3, -0.25) is 9.97 Å². The summed E-state index contributed by atoms with van der Waals surface area (Å²) in [4.78, 5) is 9.13. The molecule has 4 rings (SSSR count). The van der Waals surface area contributed by atoms with Crippen LogP contribution in [0, 0.1) is 26.2 Å². The van der Waals surface area contributed by atoms with Crippen LogP contribution in [0.2, 0.25) is 0 Å². The van der Waals surface area contributed by atoms with Crippen LogP contribution in [0.4, 0.5) is 26.3 Å². The summed E-state index contributed by atoms with van der Waals surface area (Å²) < 4.78 is 81.7. The fourth-order valence-electron chi connectivity index (χ4n) is 3.87. The molecule has 0 aliphatic carbocycles. The Bertz CT molecular complexity index is 1280. The van der Waals surface area contributed by atoms with Crippen LogP contribution in [-0.2, 0) is 38.2 Å². The molecule has 4 aromatic heterocycles. The van der Waals surface area contributed by atoms with E-state index in [4.69, 9.17) is 0 Å². The van der Waals surface area contributed by atoms with Crippen molar-refractivity contribution in [2.24, 2.45) is 0 Å². The number of rotatable bonds is 4. The zero-order valence-electron chi connectivity index (χ0n) is 19.5. The Hall–Kier alpha value is -2.90. The van der Waals surface area contributed by atoms with E-state index >= 15 is 0 Å². The molecular formula is C25H20F6N4Pd. The van der Waals surface area contributed by atoms with Crippen LogP contribution in [0.25, 0.3) is 11.6 Å². The maximum Gasteiger partial charge on any atom is 2.00 e. The second-order valence-corrected chi connectivity index (χ2v) is 8.60. The summed E-state index contributed by atoms with van der Waals surface area (Å²) in [6.45, 7) is 6.34. The van der Waals surface area contributed by atoms with Crippen molar-refractivity contribution in [3.63, 3.8) is 0 Å². The molecule has 0 fully saturated rings. The van der Waals surface area contributed by atoms with Crippen molar-refractivity contribution in [3.05, 3.63) is 94.8 Å². The van der Waals surface area contributed by atoms with Gasteiger partial charge >= 0.3 is 32.8 Å². The maximum atomic E-state index is 13.2. The molecule has 11 heteroatoms. The molecule has 0 saturated carbocycles. The molecular weight excluding hydrogens is 577 g/mol. The van der Waals surface area contributed by atoms with E-state index in [1.165, 1.54) is 23.0 Å². The summed E-state index contributed by atoms with van der Waals surface area (Å²) in [7, 11) is 0. The first-order valence-corrected chi connectivity index (χ1v) is 10.5. The van der Waals surface area contributed by atoms with Gasteiger partial charge in [0.25, 0.3) is 0 Å². The monoisotopic (exact) mass is 596 g/mol. The molecule has 4 aromatic rings. The first-order valence-electron chi connectivity index (χ1n) is 10.5. The van der Waals surface area contributed by atoms with Crippen molar-refractivity contribution in [2.45, 2.75) is 45.5 Å². The number of hydrogen-bond acceptors (Lipinski definition) is 2. The first kappa shape index (κ1) is 27.7. The number of pyridine rings is 2. The third kappa shape index (κ3) is 5.00. The van der Waals surface area contributed by atoms with E-state index in [0.717, 1.165) is 12.1 Å². The molecule has 0 saturated heterocycles. The largest absolute Gasteiger partial charge is 2.00 e. The Balaban J connectivity index is 0.00000361. The molecule has 192 valence electrons. The molecule has 0 spiro atoms. The summed E-state index contributed by atoms with van der Waals surface area (Å²) in [5.41, 5.74) is -1.48. The number of hydrogen-bond donors (Lipinski definition) is 0. The van der Waals surface area contributed by atoms with Gasteiger partial charge in [0.2, 0.25) is 0 Å². The molecule has 0 aromatic carbocycles. The average molecular weight is 597 g/mol. The van der Waals surface area contributed by atoms with Gasteiger partial charge in [-0.1, -0.05) is 61.9 Å². The minimum absolute atomic E-state index is 0. The Labute approximate surface area is 217 Å². The van der Waals surface area contributed by atoms with Gasteiger partial charge in [0, 0.05) is 16.8 Å². The third-order valence-corrected chi connectivity index (χ3v) is 5.94. The Morgan fingerprint density at radius 1 is 0.667 bits per heavy atom. The summed E-state index contributed by atoms with van der Waals surface area (Å²) in [5, 5.41) is 0. The number of alkyl halides is 6. The van der Waals surface area contributed by atoms with Crippen molar-refractivity contribution in [1.82, 2.24) is 19.1 Å². The van der Waals surface area contributed by atoms with E-state index in [-0.39, 0.29) is 43.4 Å². The molecule has 0 N–H and O–H groups in total. The summed E-state index contributed by atoms with van der Waals surface area (Å²) in [6, 6.07) is 11.7. The van der Waals surface area contributed by atoms with Crippen LogP contribution in [0.3, 0.4) is 0 Å². The second-order valence-electron chi connectivity index (χ2n) is 8.60. The van der Waals surface area contributed by atoms with E-state index in [1.54, 1.807) is 36.4 Å². The zero-order chi connectivity index (χ0) is 25.8. The Kier molecular flexibility index (Phi) is 7.32. The number of halogens is 6. The molecule has 0 radical (unpaired) electrons. The molecule has 0 amide bonds. The molecule has 0 aliphatic rings. The standard InChI is InChI=1S/C25H20F6N4.Pd/c1-15-17(24(26,27)28)11-13-34(15)21-9-5-7-19(32-21)23(3,4)20-8-6-10-22(33-20)35-14-12-18(16(35)2)25(29,30)31;/h5-12H,1-4H3;/q-2;+2. The van der Waals surface area contributed by atoms with Gasteiger partial charge in [-0.15, -0.1) is 12.1 Å². The molecule has 0 bridgehead atoms. The smallest absolute Gasteiger partial charge is 0.432 e. The third-order valence-electron chi connectivity index (χ3n) is 5.94. The zero-order valence-corrected chi connectivity index (χ0v) is 21.0. The predicted octanol–water partition coefficient (Wildman–Crippen LogP) is 6.64. The first-order chi connectivity index (χ1) is 16.2. The predicted molar refractivity (Wildman–Crippen MR) is 116 cm³/mol. The van der Waals surface area contributed by atoms with Crippen LogP contribution in [0.5, 0.6) is 0 Å². The molecule has 4 heterocycles. The molecule has 0 atom stereocenters. The fraction of sp³-hybridized carbons (Fsp3) is 0.280. The van der Waals surface area contributed by atoms with Gasteiger partial charge in [0.15, 0.2) is 0 Å². The SMILES string of the molecule is Cc1c(C(F)(F)F)c[c-]n1-c1cccc(C(C)(C)c2cccc(-n3[c-]cc(C(F)(F)F)c3C)n2)n1.[Pd+2]. The fourth-order valence-corrected chi connectivity index (χ4v) is 3.87. The van der Waals surface area contributed by atoms with Crippen LogP contribution in [-0.4, -0.2) is 19.1 Å². The van der Waals surface area contributed by atoms with E-state index in [2.05, 4.69) is 22.4 Å². The van der Waals surface area contributed by atoms with Crippen molar-refractivity contribution in [1.29, 1.82) is 0 Å². The summed E-state index contributed by atoms with van der Waals surface area (Å²) in [5.74, 6) is 0.508. The van der Waals surface area contributed by atoms with E-state index in [1.807, 2.05) is 13.8 Å². The van der Waals surface area contributed by atoms with Crippen LogP contribution in [0.15, 0.2) is 48.5 Å². The van der Waals surface area contributed by atoms with Crippen LogP contribution in [0.1, 0.15) is 47.8 Å². The van der Waals surface area contributed by atoms with Gasteiger partial charge in [-0.05, 0) is 37.1 Å². The quantitative estimate of drug-likeness (QED) is 0.151. The van der Waals surface area contributed by atoms with Crippen LogP contribution >= 0.6 is 0 Å². The molecule has 4 nitrogen and oxygen atoms in total. The number of aromatic nitrogens is 4.